The van der Waals surface area contributed by atoms with Crippen LogP contribution in [0.15, 0.2) is 12.1 Å². The molecular weight excluding hydrogens is 264 g/mol. The lowest BCUT2D eigenvalue weighted by molar-refractivity contribution is -0.137. The quantitative estimate of drug-likeness (QED) is 0.871. The molecule has 2 N–H and O–H groups in total. The zero-order chi connectivity index (χ0) is 14.0. The Morgan fingerprint density at radius 1 is 1.53 bits per heavy atom. The van der Waals surface area contributed by atoms with Gasteiger partial charge in [-0.2, -0.15) is 0 Å². The van der Waals surface area contributed by atoms with Crippen molar-refractivity contribution in [2.75, 3.05) is 6.54 Å². The van der Waals surface area contributed by atoms with Crippen molar-refractivity contribution >= 4 is 23.3 Å². The third-order valence-electron chi connectivity index (χ3n) is 3.08. The van der Waals surface area contributed by atoms with E-state index in [0.717, 1.165) is 17.7 Å². The summed E-state index contributed by atoms with van der Waals surface area (Å²) in [6.45, 7) is 3.70. The van der Waals surface area contributed by atoms with E-state index < -0.39 is 5.97 Å². The Kier molecular flexibility index (Phi) is 4.09. The van der Waals surface area contributed by atoms with E-state index in [1.54, 1.807) is 11.3 Å². The number of aliphatic carboxylic acids is 1. The van der Waals surface area contributed by atoms with E-state index in [1.165, 1.54) is 9.78 Å². The number of hydrogen-bond donors (Lipinski definition) is 2. The number of nitrogens with zero attached hydrogens (tertiary/aromatic N) is 1. The Hall–Kier alpha value is -1.56. The molecule has 1 aliphatic rings. The highest BCUT2D eigenvalue weighted by atomic mass is 32.1. The standard InChI is InChI=1S/C13H18N2O3S/c1-8-3-6-11(19-8)9(2)14-13(18)15(7-12(16)17)10-4-5-10/h3,6,9-10H,4-5,7H2,1-2H3,(H,14,18)(H,16,17). The molecule has 6 heteroatoms. The summed E-state index contributed by atoms with van der Waals surface area (Å²) < 4.78 is 0. The minimum atomic E-state index is -0.971. The Balaban J connectivity index is 1.96. The van der Waals surface area contributed by atoms with Gasteiger partial charge in [0.05, 0.1) is 6.04 Å². The molecule has 104 valence electrons. The summed E-state index contributed by atoms with van der Waals surface area (Å²) in [4.78, 5) is 26.6. The molecule has 0 bridgehead atoms. The summed E-state index contributed by atoms with van der Waals surface area (Å²) >= 11 is 1.64. The fraction of sp³-hybridized carbons (Fsp3) is 0.538. The number of thiophene rings is 1. The van der Waals surface area contributed by atoms with Crippen LogP contribution in [0.5, 0.6) is 0 Å². The van der Waals surface area contributed by atoms with Crippen LogP contribution in [-0.2, 0) is 4.79 Å². The molecule has 1 aromatic rings. The topological polar surface area (TPSA) is 69.6 Å². The van der Waals surface area contributed by atoms with Crippen LogP contribution in [0.3, 0.4) is 0 Å². The molecule has 0 spiro atoms. The number of urea groups is 1. The summed E-state index contributed by atoms with van der Waals surface area (Å²) in [6.07, 6.45) is 1.79. The van der Waals surface area contributed by atoms with Gasteiger partial charge in [0, 0.05) is 15.8 Å². The lowest BCUT2D eigenvalue weighted by Gasteiger charge is -2.23. The average molecular weight is 282 g/mol. The molecule has 0 radical (unpaired) electrons. The zero-order valence-corrected chi connectivity index (χ0v) is 11.9. The Morgan fingerprint density at radius 3 is 2.68 bits per heavy atom. The second-order valence-electron chi connectivity index (χ2n) is 4.87. The van der Waals surface area contributed by atoms with Crippen LogP contribution >= 0.6 is 11.3 Å². The zero-order valence-electron chi connectivity index (χ0n) is 11.0. The van der Waals surface area contributed by atoms with Gasteiger partial charge in [-0.15, -0.1) is 11.3 Å². The van der Waals surface area contributed by atoms with Crippen LogP contribution < -0.4 is 5.32 Å². The molecule has 1 saturated carbocycles. The molecule has 0 aliphatic heterocycles. The van der Waals surface area contributed by atoms with Gasteiger partial charge in [0.2, 0.25) is 0 Å². The number of aryl methyl sites for hydroxylation is 1. The first-order valence-corrected chi connectivity index (χ1v) is 7.14. The summed E-state index contributed by atoms with van der Waals surface area (Å²) in [5.41, 5.74) is 0. The van der Waals surface area contributed by atoms with Gasteiger partial charge in [0.25, 0.3) is 0 Å². The number of carboxylic acids is 1. The minimum absolute atomic E-state index is 0.0911. The smallest absolute Gasteiger partial charge is 0.323 e. The maximum Gasteiger partial charge on any atom is 0.323 e. The van der Waals surface area contributed by atoms with Crippen LogP contribution in [-0.4, -0.2) is 34.6 Å². The van der Waals surface area contributed by atoms with Crippen LogP contribution in [0.25, 0.3) is 0 Å². The summed E-state index contributed by atoms with van der Waals surface area (Å²) in [7, 11) is 0. The van der Waals surface area contributed by atoms with E-state index in [-0.39, 0.29) is 24.7 Å². The molecule has 1 heterocycles. The minimum Gasteiger partial charge on any atom is -0.480 e. The Bertz CT molecular complexity index is 482. The maximum absolute atomic E-state index is 12.1. The van der Waals surface area contributed by atoms with Gasteiger partial charge in [-0.3, -0.25) is 4.79 Å². The van der Waals surface area contributed by atoms with E-state index in [0.29, 0.717) is 0 Å². The van der Waals surface area contributed by atoms with Crippen molar-refractivity contribution in [2.24, 2.45) is 0 Å². The first kappa shape index (κ1) is 13.9. The second-order valence-corrected chi connectivity index (χ2v) is 6.19. The van der Waals surface area contributed by atoms with E-state index in [9.17, 15) is 9.59 Å². The predicted molar refractivity (Wildman–Crippen MR) is 73.4 cm³/mol. The molecule has 1 unspecified atom stereocenters. The summed E-state index contributed by atoms with van der Waals surface area (Å²) in [5, 5.41) is 11.7. The molecule has 1 aliphatic carbocycles. The molecule has 0 aromatic carbocycles. The van der Waals surface area contributed by atoms with Crippen LogP contribution in [0.2, 0.25) is 0 Å². The number of amides is 2. The molecule has 1 fully saturated rings. The second kappa shape index (κ2) is 5.61. The predicted octanol–water partition coefficient (Wildman–Crippen LogP) is 2.38. The monoisotopic (exact) mass is 282 g/mol. The van der Waals surface area contributed by atoms with Crippen molar-refractivity contribution in [1.82, 2.24) is 10.2 Å². The van der Waals surface area contributed by atoms with Gasteiger partial charge in [-0.05, 0) is 38.8 Å². The largest absolute Gasteiger partial charge is 0.480 e. The SMILES string of the molecule is Cc1ccc(C(C)NC(=O)N(CC(=O)O)C2CC2)s1. The lowest BCUT2D eigenvalue weighted by atomic mass is 10.3. The molecule has 1 atom stereocenters. The van der Waals surface area contributed by atoms with Crippen molar-refractivity contribution < 1.29 is 14.7 Å². The fourth-order valence-electron chi connectivity index (χ4n) is 1.92. The van der Waals surface area contributed by atoms with Crippen molar-refractivity contribution in [3.8, 4) is 0 Å². The van der Waals surface area contributed by atoms with Gasteiger partial charge in [0.1, 0.15) is 6.54 Å². The number of nitrogens with one attached hydrogen (secondary N) is 1. The Labute approximate surface area is 116 Å². The molecule has 2 amide bonds. The molecule has 1 aromatic heterocycles. The highest BCUT2D eigenvalue weighted by Crippen LogP contribution is 2.28. The normalized spacial score (nSPS) is 15.9. The molecule has 19 heavy (non-hydrogen) atoms. The van der Waals surface area contributed by atoms with Gasteiger partial charge < -0.3 is 15.3 Å². The van der Waals surface area contributed by atoms with E-state index in [1.807, 2.05) is 26.0 Å². The van der Waals surface area contributed by atoms with Crippen LogP contribution in [0.4, 0.5) is 4.79 Å². The van der Waals surface area contributed by atoms with E-state index in [2.05, 4.69) is 5.32 Å². The van der Waals surface area contributed by atoms with Crippen molar-refractivity contribution in [2.45, 2.75) is 38.8 Å². The maximum atomic E-state index is 12.1. The molecular formula is C13H18N2O3S. The average Bonchev–Trinajstić information content (AvgIpc) is 3.07. The lowest BCUT2D eigenvalue weighted by Crippen LogP contribution is -2.44. The first-order valence-electron chi connectivity index (χ1n) is 6.32. The number of carboxylic acid groups (broad SMARTS) is 1. The highest BCUT2D eigenvalue weighted by molar-refractivity contribution is 7.12. The number of carbonyl (C=O) groups excluding carboxylic acids is 1. The van der Waals surface area contributed by atoms with Crippen LogP contribution in [0, 0.1) is 6.92 Å². The summed E-state index contributed by atoms with van der Waals surface area (Å²) in [6, 6.07) is 3.71. The molecule has 5 nitrogen and oxygen atoms in total. The highest BCUT2D eigenvalue weighted by Gasteiger charge is 2.34. The van der Waals surface area contributed by atoms with Gasteiger partial charge in [0.15, 0.2) is 0 Å². The molecule has 0 saturated heterocycles. The van der Waals surface area contributed by atoms with Gasteiger partial charge in [-0.1, -0.05) is 0 Å². The van der Waals surface area contributed by atoms with Crippen LogP contribution in [0.1, 0.15) is 35.6 Å². The van der Waals surface area contributed by atoms with Crippen molar-refractivity contribution in [3.63, 3.8) is 0 Å². The number of carbonyl (C=O) groups is 2. The fourth-order valence-corrected chi connectivity index (χ4v) is 2.80. The summed E-state index contributed by atoms with van der Waals surface area (Å²) in [5.74, 6) is -0.971. The van der Waals surface area contributed by atoms with Gasteiger partial charge in [-0.25, -0.2) is 4.79 Å². The van der Waals surface area contributed by atoms with Crippen molar-refractivity contribution in [1.29, 1.82) is 0 Å². The van der Waals surface area contributed by atoms with E-state index >= 15 is 0 Å². The third-order valence-corrected chi connectivity index (χ3v) is 4.27. The van der Waals surface area contributed by atoms with Crippen molar-refractivity contribution in [3.05, 3.63) is 21.9 Å². The Morgan fingerprint density at radius 2 is 2.21 bits per heavy atom. The first-order chi connectivity index (χ1) is 8.97. The number of rotatable bonds is 5. The van der Waals surface area contributed by atoms with E-state index in [4.69, 9.17) is 5.11 Å². The van der Waals surface area contributed by atoms with Gasteiger partial charge >= 0.3 is 12.0 Å². The molecule has 2 rings (SSSR count). The third kappa shape index (κ3) is 3.70. The number of hydrogen-bond acceptors (Lipinski definition) is 3.